The third-order valence-corrected chi connectivity index (χ3v) is 3.99. The second kappa shape index (κ2) is 5.85. The van der Waals surface area contributed by atoms with Gasteiger partial charge in [-0.3, -0.25) is 0 Å². The molecule has 1 aromatic carbocycles. The Morgan fingerprint density at radius 2 is 1.89 bits per heavy atom. The van der Waals surface area contributed by atoms with Gasteiger partial charge in [0.1, 0.15) is 0 Å². The summed E-state index contributed by atoms with van der Waals surface area (Å²) in [6, 6.07) is 7.00. The molecule has 0 radical (unpaired) electrons. The van der Waals surface area contributed by atoms with Crippen LogP contribution in [0, 0.1) is 0 Å². The van der Waals surface area contributed by atoms with E-state index in [0.717, 1.165) is 6.54 Å². The number of fused-ring (bicyclic) bond motifs is 1. The van der Waals surface area contributed by atoms with Crippen LogP contribution in [0.2, 0.25) is 0 Å². The molecule has 0 heterocycles. The minimum atomic E-state index is 0.127. The lowest BCUT2D eigenvalue weighted by atomic mass is 9.81. The number of hydrogen-bond donors (Lipinski definition) is 2. The molecule has 0 unspecified atom stereocenters. The molecule has 1 aliphatic carbocycles. The highest BCUT2D eigenvalue weighted by Crippen LogP contribution is 2.28. The van der Waals surface area contributed by atoms with Crippen molar-refractivity contribution >= 4 is 0 Å². The van der Waals surface area contributed by atoms with E-state index in [-0.39, 0.29) is 12.0 Å². The summed E-state index contributed by atoms with van der Waals surface area (Å²) >= 11 is 0. The van der Waals surface area contributed by atoms with Gasteiger partial charge in [-0.2, -0.15) is 0 Å². The molecule has 0 saturated heterocycles. The average Bonchev–Trinajstić information content (AvgIpc) is 2.38. The van der Waals surface area contributed by atoms with Crippen molar-refractivity contribution < 1.29 is 5.11 Å². The Morgan fingerprint density at radius 3 is 2.61 bits per heavy atom. The van der Waals surface area contributed by atoms with Crippen LogP contribution in [-0.2, 0) is 18.3 Å². The van der Waals surface area contributed by atoms with Crippen LogP contribution in [0.3, 0.4) is 0 Å². The smallest absolute Gasteiger partial charge is 0.0555 e. The van der Waals surface area contributed by atoms with Gasteiger partial charge in [-0.25, -0.2) is 0 Å². The van der Waals surface area contributed by atoms with E-state index in [1.165, 1.54) is 31.2 Å². The summed E-state index contributed by atoms with van der Waals surface area (Å²) in [7, 11) is 0. The van der Waals surface area contributed by atoms with E-state index in [1.807, 2.05) is 0 Å². The summed E-state index contributed by atoms with van der Waals surface area (Å²) in [5.41, 5.74) is 4.63. The first-order valence-corrected chi connectivity index (χ1v) is 7.07. The maximum atomic E-state index is 8.83. The zero-order valence-corrected chi connectivity index (χ0v) is 11.6. The van der Waals surface area contributed by atoms with E-state index in [0.29, 0.717) is 6.54 Å². The summed E-state index contributed by atoms with van der Waals surface area (Å²) in [5, 5.41) is 12.1. The molecular weight excluding hydrogens is 222 g/mol. The largest absolute Gasteiger partial charge is 0.395 e. The van der Waals surface area contributed by atoms with Gasteiger partial charge in [0.25, 0.3) is 0 Å². The van der Waals surface area contributed by atoms with E-state index < -0.39 is 0 Å². The third kappa shape index (κ3) is 3.12. The van der Waals surface area contributed by atoms with Crippen LogP contribution in [0.5, 0.6) is 0 Å². The SMILES string of the molecule is CC(C)(CNCCO)c1ccc2c(c1)CCCC2. The molecule has 0 amide bonds. The van der Waals surface area contributed by atoms with Gasteiger partial charge in [-0.05, 0) is 42.4 Å². The molecule has 2 heteroatoms. The van der Waals surface area contributed by atoms with Crippen molar-refractivity contribution in [3.8, 4) is 0 Å². The van der Waals surface area contributed by atoms with Crippen molar-refractivity contribution in [3.05, 3.63) is 34.9 Å². The zero-order valence-electron chi connectivity index (χ0n) is 11.6. The predicted molar refractivity (Wildman–Crippen MR) is 76.1 cm³/mol. The van der Waals surface area contributed by atoms with Gasteiger partial charge in [0, 0.05) is 18.5 Å². The maximum Gasteiger partial charge on any atom is 0.0555 e. The van der Waals surface area contributed by atoms with Crippen LogP contribution in [0.4, 0.5) is 0 Å². The molecule has 2 N–H and O–H groups in total. The molecule has 2 rings (SSSR count). The highest BCUT2D eigenvalue weighted by atomic mass is 16.3. The molecule has 18 heavy (non-hydrogen) atoms. The Morgan fingerprint density at radius 1 is 1.17 bits per heavy atom. The van der Waals surface area contributed by atoms with Crippen LogP contribution >= 0.6 is 0 Å². The highest BCUT2D eigenvalue weighted by molar-refractivity contribution is 5.37. The van der Waals surface area contributed by atoms with E-state index in [1.54, 1.807) is 11.1 Å². The molecule has 0 bridgehead atoms. The number of nitrogens with one attached hydrogen (secondary N) is 1. The van der Waals surface area contributed by atoms with Crippen molar-refractivity contribution in [2.24, 2.45) is 0 Å². The predicted octanol–water partition coefficient (Wildman–Crippen LogP) is 2.42. The van der Waals surface area contributed by atoms with Gasteiger partial charge >= 0.3 is 0 Å². The molecule has 1 aliphatic rings. The van der Waals surface area contributed by atoms with Gasteiger partial charge in [0.2, 0.25) is 0 Å². The fourth-order valence-corrected chi connectivity index (χ4v) is 2.74. The van der Waals surface area contributed by atoms with E-state index in [2.05, 4.69) is 37.4 Å². The molecule has 2 nitrogen and oxygen atoms in total. The Hall–Kier alpha value is -0.860. The summed E-state index contributed by atoms with van der Waals surface area (Å²) in [5.74, 6) is 0. The van der Waals surface area contributed by atoms with Crippen molar-refractivity contribution in [2.75, 3.05) is 19.7 Å². The quantitative estimate of drug-likeness (QED) is 0.783. The highest BCUT2D eigenvalue weighted by Gasteiger charge is 2.21. The number of benzene rings is 1. The van der Waals surface area contributed by atoms with E-state index in [4.69, 9.17) is 5.11 Å². The standard InChI is InChI=1S/C16H25NO/c1-16(2,12-17-9-10-18)15-8-7-13-5-3-4-6-14(13)11-15/h7-8,11,17-18H,3-6,9-10,12H2,1-2H3. The van der Waals surface area contributed by atoms with E-state index >= 15 is 0 Å². The molecule has 100 valence electrons. The van der Waals surface area contributed by atoms with Gasteiger partial charge in [-0.1, -0.05) is 32.0 Å². The average molecular weight is 247 g/mol. The van der Waals surface area contributed by atoms with Crippen LogP contribution < -0.4 is 5.32 Å². The summed E-state index contributed by atoms with van der Waals surface area (Å²) in [4.78, 5) is 0. The van der Waals surface area contributed by atoms with Crippen molar-refractivity contribution in [3.63, 3.8) is 0 Å². The second-order valence-corrected chi connectivity index (χ2v) is 5.97. The maximum absolute atomic E-state index is 8.83. The summed E-state index contributed by atoms with van der Waals surface area (Å²) in [6.07, 6.45) is 5.16. The molecular formula is C16H25NO. The number of aryl methyl sites for hydroxylation is 2. The number of rotatable bonds is 5. The molecule has 0 aliphatic heterocycles. The number of aliphatic hydroxyl groups excluding tert-OH is 1. The van der Waals surface area contributed by atoms with Crippen molar-refractivity contribution in [1.29, 1.82) is 0 Å². The van der Waals surface area contributed by atoms with Crippen molar-refractivity contribution in [1.82, 2.24) is 5.32 Å². The first kappa shape index (κ1) is 13.6. The fraction of sp³-hybridized carbons (Fsp3) is 0.625. The van der Waals surface area contributed by atoms with Gasteiger partial charge in [-0.15, -0.1) is 0 Å². The normalized spacial score (nSPS) is 15.5. The van der Waals surface area contributed by atoms with Crippen LogP contribution in [-0.4, -0.2) is 24.8 Å². The third-order valence-electron chi connectivity index (χ3n) is 3.99. The van der Waals surface area contributed by atoms with Crippen LogP contribution in [0.1, 0.15) is 43.4 Å². The molecule has 0 spiro atoms. The second-order valence-electron chi connectivity index (χ2n) is 5.97. The molecule has 0 atom stereocenters. The van der Waals surface area contributed by atoms with Crippen LogP contribution in [0.25, 0.3) is 0 Å². The minimum absolute atomic E-state index is 0.127. The summed E-state index contributed by atoms with van der Waals surface area (Å²) in [6.45, 7) is 6.32. The van der Waals surface area contributed by atoms with Crippen molar-refractivity contribution in [2.45, 2.75) is 44.9 Å². The lowest BCUT2D eigenvalue weighted by Crippen LogP contribution is -2.34. The number of aliphatic hydroxyl groups is 1. The molecule has 0 aromatic heterocycles. The Labute approximate surface area is 110 Å². The Balaban J connectivity index is 2.11. The Kier molecular flexibility index (Phi) is 4.41. The topological polar surface area (TPSA) is 32.3 Å². The fourth-order valence-electron chi connectivity index (χ4n) is 2.74. The van der Waals surface area contributed by atoms with Crippen LogP contribution in [0.15, 0.2) is 18.2 Å². The van der Waals surface area contributed by atoms with Gasteiger partial charge in [0.05, 0.1) is 6.61 Å². The number of hydrogen-bond acceptors (Lipinski definition) is 2. The zero-order chi connectivity index (χ0) is 13.0. The molecule has 0 fully saturated rings. The lowest BCUT2D eigenvalue weighted by Gasteiger charge is -2.28. The molecule has 0 saturated carbocycles. The lowest BCUT2D eigenvalue weighted by molar-refractivity contribution is 0.286. The monoisotopic (exact) mass is 247 g/mol. The van der Waals surface area contributed by atoms with E-state index in [9.17, 15) is 0 Å². The van der Waals surface area contributed by atoms with Gasteiger partial charge < -0.3 is 10.4 Å². The first-order chi connectivity index (χ1) is 8.63. The molecule has 1 aromatic rings. The van der Waals surface area contributed by atoms with Gasteiger partial charge in [0.15, 0.2) is 0 Å². The minimum Gasteiger partial charge on any atom is -0.395 e. The summed E-state index contributed by atoms with van der Waals surface area (Å²) < 4.78 is 0. The Bertz CT molecular complexity index is 398. The first-order valence-electron chi connectivity index (χ1n) is 7.07.